The van der Waals surface area contributed by atoms with Crippen LogP contribution in [-0.4, -0.2) is 29.3 Å². The molecule has 0 bridgehead atoms. The third-order valence-electron chi connectivity index (χ3n) is 3.67. The Labute approximate surface area is 137 Å². The van der Waals surface area contributed by atoms with Gasteiger partial charge in [0, 0.05) is 4.88 Å². The zero-order valence-corrected chi connectivity index (χ0v) is 13.3. The highest BCUT2D eigenvalue weighted by molar-refractivity contribution is 7.10. The van der Waals surface area contributed by atoms with E-state index in [0.717, 1.165) is 4.88 Å². The van der Waals surface area contributed by atoms with Gasteiger partial charge >= 0.3 is 5.97 Å². The SMILES string of the molecule is CCOC(=O)CC(c1cccs1)N1C(=O)c2ccccc2C1=O. The molecule has 0 saturated carbocycles. The number of hydrogen-bond acceptors (Lipinski definition) is 5. The summed E-state index contributed by atoms with van der Waals surface area (Å²) in [4.78, 5) is 39.2. The molecule has 3 rings (SSSR count). The lowest BCUT2D eigenvalue weighted by Crippen LogP contribution is -2.35. The molecule has 6 heteroatoms. The van der Waals surface area contributed by atoms with Crippen molar-refractivity contribution in [2.45, 2.75) is 19.4 Å². The molecule has 2 aromatic rings. The fourth-order valence-corrected chi connectivity index (χ4v) is 3.49. The van der Waals surface area contributed by atoms with Crippen molar-refractivity contribution in [3.63, 3.8) is 0 Å². The van der Waals surface area contributed by atoms with Crippen molar-refractivity contribution >= 4 is 29.1 Å². The van der Waals surface area contributed by atoms with E-state index in [1.807, 2.05) is 17.5 Å². The summed E-state index contributed by atoms with van der Waals surface area (Å²) < 4.78 is 4.99. The van der Waals surface area contributed by atoms with Gasteiger partial charge in [0.25, 0.3) is 11.8 Å². The monoisotopic (exact) mass is 329 g/mol. The van der Waals surface area contributed by atoms with Crippen LogP contribution >= 0.6 is 11.3 Å². The van der Waals surface area contributed by atoms with E-state index in [1.165, 1.54) is 16.2 Å². The van der Waals surface area contributed by atoms with Crippen LogP contribution in [0.15, 0.2) is 41.8 Å². The largest absolute Gasteiger partial charge is 0.466 e. The second-order valence-electron chi connectivity index (χ2n) is 5.07. The van der Waals surface area contributed by atoms with E-state index in [9.17, 15) is 14.4 Å². The van der Waals surface area contributed by atoms with Gasteiger partial charge in [0.15, 0.2) is 0 Å². The van der Waals surface area contributed by atoms with Gasteiger partial charge in [0.05, 0.1) is 30.2 Å². The summed E-state index contributed by atoms with van der Waals surface area (Å²) in [6.07, 6.45) is -0.0418. The molecule has 1 aliphatic rings. The minimum atomic E-state index is -0.638. The summed E-state index contributed by atoms with van der Waals surface area (Å²) in [7, 11) is 0. The summed E-state index contributed by atoms with van der Waals surface area (Å²) in [6, 6.07) is 9.71. The molecule has 5 nitrogen and oxygen atoms in total. The Kier molecular flexibility index (Phi) is 4.25. The Balaban J connectivity index is 1.96. The zero-order chi connectivity index (χ0) is 16.4. The number of imide groups is 1. The molecule has 0 aliphatic carbocycles. The number of carbonyl (C=O) groups is 3. The molecule has 1 atom stereocenters. The molecule has 118 valence electrons. The summed E-state index contributed by atoms with van der Waals surface area (Å²) in [5, 5.41) is 1.85. The van der Waals surface area contributed by atoms with E-state index in [2.05, 4.69) is 0 Å². The maximum Gasteiger partial charge on any atom is 0.308 e. The molecule has 0 spiro atoms. The molecular weight excluding hydrogens is 314 g/mol. The Morgan fingerprint density at radius 2 is 1.78 bits per heavy atom. The number of amides is 2. The molecule has 0 saturated heterocycles. The Bertz CT molecular complexity index is 719. The molecule has 0 fully saturated rings. The number of benzene rings is 1. The third-order valence-corrected chi connectivity index (χ3v) is 4.65. The van der Waals surface area contributed by atoms with Crippen molar-refractivity contribution in [1.29, 1.82) is 0 Å². The van der Waals surface area contributed by atoms with Gasteiger partial charge in [-0.25, -0.2) is 0 Å². The van der Waals surface area contributed by atoms with Crippen LogP contribution < -0.4 is 0 Å². The van der Waals surface area contributed by atoms with Crippen molar-refractivity contribution in [3.05, 3.63) is 57.8 Å². The van der Waals surface area contributed by atoms with E-state index in [0.29, 0.717) is 11.1 Å². The second kappa shape index (κ2) is 6.34. The summed E-state index contributed by atoms with van der Waals surface area (Å²) in [5.74, 6) is -1.16. The third kappa shape index (κ3) is 2.77. The first-order valence-corrected chi connectivity index (χ1v) is 8.17. The fourth-order valence-electron chi connectivity index (χ4n) is 2.67. The number of ether oxygens (including phenoxy) is 1. The van der Waals surface area contributed by atoms with Crippen molar-refractivity contribution in [3.8, 4) is 0 Å². The van der Waals surface area contributed by atoms with Gasteiger partial charge in [0.1, 0.15) is 0 Å². The standard InChI is InChI=1S/C17H15NO4S/c1-2-22-15(19)10-13(14-8-5-9-23-14)18-16(20)11-6-3-4-7-12(11)17(18)21/h3-9,13H,2,10H2,1H3. The molecule has 0 radical (unpaired) electrons. The van der Waals surface area contributed by atoms with Crippen LogP contribution in [0.1, 0.15) is 45.0 Å². The first-order valence-electron chi connectivity index (χ1n) is 7.29. The van der Waals surface area contributed by atoms with Crippen LogP contribution in [0.2, 0.25) is 0 Å². The number of nitrogens with zero attached hydrogens (tertiary/aromatic N) is 1. The van der Waals surface area contributed by atoms with Crippen molar-refractivity contribution in [1.82, 2.24) is 4.90 Å². The number of esters is 1. The van der Waals surface area contributed by atoms with E-state index < -0.39 is 12.0 Å². The molecule has 1 aliphatic heterocycles. The van der Waals surface area contributed by atoms with E-state index in [-0.39, 0.29) is 24.8 Å². The maximum atomic E-state index is 12.6. The number of rotatable bonds is 5. The van der Waals surface area contributed by atoms with Crippen molar-refractivity contribution < 1.29 is 19.1 Å². The van der Waals surface area contributed by atoms with Gasteiger partial charge in [-0.05, 0) is 30.5 Å². The lowest BCUT2D eigenvalue weighted by molar-refractivity contribution is -0.144. The highest BCUT2D eigenvalue weighted by Crippen LogP contribution is 2.35. The lowest BCUT2D eigenvalue weighted by atomic mass is 10.1. The number of fused-ring (bicyclic) bond motifs is 1. The first-order chi connectivity index (χ1) is 11.1. The normalized spacial score (nSPS) is 14.7. The summed E-state index contributed by atoms with van der Waals surface area (Å²) in [6.45, 7) is 1.98. The van der Waals surface area contributed by atoms with Crippen LogP contribution in [0.3, 0.4) is 0 Å². The number of thiophene rings is 1. The molecule has 1 unspecified atom stereocenters. The van der Waals surface area contributed by atoms with Crippen molar-refractivity contribution in [2.75, 3.05) is 6.61 Å². The minimum absolute atomic E-state index is 0.0418. The van der Waals surface area contributed by atoms with Crippen LogP contribution in [-0.2, 0) is 9.53 Å². The number of carbonyl (C=O) groups excluding carboxylic acids is 3. The molecule has 2 amide bonds. The number of hydrogen-bond donors (Lipinski definition) is 0. The molecule has 1 aromatic heterocycles. The fraction of sp³-hybridized carbons (Fsp3) is 0.235. The van der Waals surface area contributed by atoms with Crippen molar-refractivity contribution in [2.24, 2.45) is 0 Å². The first kappa shape index (κ1) is 15.4. The molecule has 1 aromatic carbocycles. The van der Waals surface area contributed by atoms with Gasteiger partial charge in [0.2, 0.25) is 0 Å². The lowest BCUT2D eigenvalue weighted by Gasteiger charge is -2.24. The van der Waals surface area contributed by atoms with E-state index >= 15 is 0 Å². The summed E-state index contributed by atoms with van der Waals surface area (Å²) >= 11 is 1.41. The second-order valence-corrected chi connectivity index (χ2v) is 6.05. The highest BCUT2D eigenvalue weighted by Gasteiger charge is 2.41. The predicted octanol–water partition coefficient (Wildman–Crippen LogP) is 3.04. The van der Waals surface area contributed by atoms with Gasteiger partial charge < -0.3 is 4.74 Å². The van der Waals surface area contributed by atoms with Gasteiger partial charge in [-0.1, -0.05) is 18.2 Å². The van der Waals surface area contributed by atoms with Crippen LogP contribution in [0, 0.1) is 0 Å². The van der Waals surface area contributed by atoms with E-state index in [4.69, 9.17) is 4.74 Å². The maximum absolute atomic E-state index is 12.6. The summed E-state index contributed by atoms with van der Waals surface area (Å²) in [5.41, 5.74) is 0.755. The van der Waals surface area contributed by atoms with Gasteiger partial charge in [-0.15, -0.1) is 11.3 Å². The molecule has 0 N–H and O–H groups in total. The average molecular weight is 329 g/mol. The molecule has 2 heterocycles. The smallest absolute Gasteiger partial charge is 0.308 e. The van der Waals surface area contributed by atoms with Crippen LogP contribution in [0.4, 0.5) is 0 Å². The highest BCUT2D eigenvalue weighted by atomic mass is 32.1. The van der Waals surface area contributed by atoms with E-state index in [1.54, 1.807) is 31.2 Å². The molecular formula is C17H15NO4S. The topological polar surface area (TPSA) is 63.7 Å². The Morgan fingerprint density at radius 3 is 2.30 bits per heavy atom. The Morgan fingerprint density at radius 1 is 1.13 bits per heavy atom. The van der Waals surface area contributed by atoms with Gasteiger partial charge in [-0.3, -0.25) is 19.3 Å². The molecule has 23 heavy (non-hydrogen) atoms. The zero-order valence-electron chi connectivity index (χ0n) is 12.5. The minimum Gasteiger partial charge on any atom is -0.466 e. The quantitative estimate of drug-likeness (QED) is 0.625. The predicted molar refractivity (Wildman–Crippen MR) is 85.3 cm³/mol. The van der Waals surface area contributed by atoms with Crippen LogP contribution in [0.5, 0.6) is 0 Å². The average Bonchev–Trinajstić information content (AvgIpc) is 3.15. The van der Waals surface area contributed by atoms with Crippen LogP contribution in [0.25, 0.3) is 0 Å². The van der Waals surface area contributed by atoms with Gasteiger partial charge in [-0.2, -0.15) is 0 Å². The Hall–Kier alpha value is -2.47.